The molecule has 0 saturated heterocycles. The van der Waals surface area contributed by atoms with Gasteiger partial charge in [0.2, 0.25) is 5.91 Å². The Balaban J connectivity index is 0. The van der Waals surface area contributed by atoms with Crippen molar-refractivity contribution in [2.75, 3.05) is 5.75 Å². The van der Waals surface area contributed by atoms with Gasteiger partial charge in [-0.15, -0.1) is 0 Å². The molecule has 0 aliphatic heterocycles. The van der Waals surface area contributed by atoms with E-state index in [9.17, 15) is 13.2 Å². The second-order valence-electron chi connectivity index (χ2n) is 2.00. The number of nitrogens with two attached hydrogens (primary N) is 1. The van der Waals surface area contributed by atoms with Crippen molar-refractivity contribution in [3.8, 4) is 0 Å². The Kier molecular flexibility index (Phi) is 6.97. The molecular formula is C5H9NNaO4S. The van der Waals surface area contributed by atoms with Gasteiger partial charge in [-0.25, -0.2) is 0 Å². The molecule has 0 aliphatic carbocycles. The Morgan fingerprint density at radius 2 is 1.92 bits per heavy atom. The van der Waals surface area contributed by atoms with E-state index in [0.29, 0.717) is 0 Å². The van der Waals surface area contributed by atoms with Gasteiger partial charge < -0.3 is 5.73 Å². The van der Waals surface area contributed by atoms with E-state index >= 15 is 0 Å². The van der Waals surface area contributed by atoms with Crippen LogP contribution in [0.2, 0.25) is 0 Å². The molecule has 0 saturated carbocycles. The molecule has 0 aromatic carbocycles. The second kappa shape index (κ2) is 5.71. The third-order valence-electron chi connectivity index (χ3n) is 1.01. The first-order valence-electron chi connectivity index (χ1n) is 2.75. The Labute approximate surface area is 93.1 Å². The summed E-state index contributed by atoms with van der Waals surface area (Å²) >= 11 is 0. The SMILES string of the molecule is C=C(CCS(=O)(=O)O)C(N)=O.[Na]. The molecule has 65 valence electrons. The number of hydrogen-bond acceptors (Lipinski definition) is 3. The van der Waals surface area contributed by atoms with Crippen LogP contribution in [0.25, 0.3) is 0 Å². The van der Waals surface area contributed by atoms with Gasteiger partial charge in [-0.3, -0.25) is 9.35 Å². The summed E-state index contributed by atoms with van der Waals surface area (Å²) in [7, 11) is -4.02. The summed E-state index contributed by atoms with van der Waals surface area (Å²) in [5.74, 6) is -1.27. The molecule has 0 rings (SSSR count). The van der Waals surface area contributed by atoms with Crippen molar-refractivity contribution in [1.29, 1.82) is 0 Å². The molecule has 0 atom stereocenters. The number of carbonyl (C=O) groups is 1. The van der Waals surface area contributed by atoms with Crippen LogP contribution in [0.15, 0.2) is 12.2 Å². The van der Waals surface area contributed by atoms with Crippen LogP contribution >= 0.6 is 0 Å². The quantitative estimate of drug-likeness (QED) is 0.344. The van der Waals surface area contributed by atoms with Gasteiger partial charge in [-0.2, -0.15) is 8.42 Å². The fourth-order valence-corrected chi connectivity index (χ4v) is 0.880. The Hall–Kier alpha value is 0.120. The minimum absolute atomic E-state index is 0. The Bertz CT molecular complexity index is 271. The van der Waals surface area contributed by atoms with Crippen molar-refractivity contribution in [3.05, 3.63) is 12.2 Å². The standard InChI is InChI=1S/C5H9NO4S.Na/c1-4(5(6)7)2-3-11(8,9)10;/h1-3H2,(H2,6,7)(H,8,9,10);. The number of rotatable bonds is 4. The van der Waals surface area contributed by atoms with Gasteiger partial charge in [0.15, 0.2) is 0 Å². The molecule has 0 fully saturated rings. The van der Waals surface area contributed by atoms with E-state index in [1.54, 1.807) is 0 Å². The number of amides is 1. The first-order chi connectivity index (χ1) is 4.83. The fourth-order valence-electron chi connectivity index (χ4n) is 0.375. The van der Waals surface area contributed by atoms with Gasteiger partial charge in [0.25, 0.3) is 10.1 Å². The summed E-state index contributed by atoms with van der Waals surface area (Å²) < 4.78 is 28.5. The minimum Gasteiger partial charge on any atom is -0.366 e. The van der Waals surface area contributed by atoms with Crippen LogP contribution in [0.5, 0.6) is 0 Å². The number of carbonyl (C=O) groups excluding carboxylic acids is 1. The first-order valence-corrected chi connectivity index (χ1v) is 4.36. The van der Waals surface area contributed by atoms with E-state index in [0.717, 1.165) is 0 Å². The molecule has 0 aromatic rings. The maximum atomic E-state index is 10.3. The molecule has 0 aliphatic rings. The maximum Gasteiger partial charge on any atom is 0.265 e. The predicted molar refractivity (Wildman–Crippen MR) is 45.1 cm³/mol. The van der Waals surface area contributed by atoms with Crippen LogP contribution in [-0.4, -0.2) is 54.2 Å². The third-order valence-corrected chi connectivity index (χ3v) is 1.73. The molecule has 0 bridgehead atoms. The van der Waals surface area contributed by atoms with Gasteiger partial charge in [0.05, 0.1) is 5.75 Å². The molecule has 1 amide bonds. The van der Waals surface area contributed by atoms with Crippen molar-refractivity contribution in [1.82, 2.24) is 0 Å². The molecule has 3 N–H and O–H groups in total. The topological polar surface area (TPSA) is 97.5 Å². The summed E-state index contributed by atoms with van der Waals surface area (Å²) in [5.41, 5.74) is 4.74. The molecule has 1 radical (unpaired) electrons. The van der Waals surface area contributed by atoms with E-state index < -0.39 is 21.8 Å². The number of primary amides is 1. The zero-order valence-corrected chi connectivity index (χ0v) is 9.60. The average molecular weight is 202 g/mol. The normalized spacial score (nSPS) is 10.1. The summed E-state index contributed by atoms with van der Waals surface area (Å²) in [6.45, 7) is 3.21. The Morgan fingerprint density at radius 3 is 2.17 bits per heavy atom. The predicted octanol–water partition coefficient (Wildman–Crippen LogP) is -1.07. The molecule has 0 heterocycles. The van der Waals surface area contributed by atoms with Crippen LogP contribution in [0.3, 0.4) is 0 Å². The first kappa shape index (κ1) is 14.6. The average Bonchev–Trinajstić information content (AvgIpc) is 1.80. The summed E-state index contributed by atoms with van der Waals surface area (Å²) in [6.07, 6.45) is -0.131. The summed E-state index contributed by atoms with van der Waals surface area (Å²) in [5, 5.41) is 0. The van der Waals surface area contributed by atoms with Crippen molar-refractivity contribution >= 4 is 45.6 Å². The molecule has 0 aromatic heterocycles. The van der Waals surface area contributed by atoms with E-state index in [4.69, 9.17) is 10.3 Å². The van der Waals surface area contributed by atoms with Crippen LogP contribution in [0.4, 0.5) is 0 Å². The van der Waals surface area contributed by atoms with Crippen LogP contribution in [-0.2, 0) is 14.9 Å². The smallest absolute Gasteiger partial charge is 0.265 e. The molecule has 0 unspecified atom stereocenters. The van der Waals surface area contributed by atoms with Crippen LogP contribution in [0.1, 0.15) is 6.42 Å². The second-order valence-corrected chi connectivity index (χ2v) is 3.58. The molecule has 5 nitrogen and oxygen atoms in total. The zero-order chi connectivity index (χ0) is 9.07. The largest absolute Gasteiger partial charge is 0.366 e. The van der Waals surface area contributed by atoms with Crippen LogP contribution in [0, 0.1) is 0 Å². The maximum absolute atomic E-state index is 10.3. The van der Waals surface area contributed by atoms with Gasteiger partial charge in [0.1, 0.15) is 0 Å². The van der Waals surface area contributed by atoms with Crippen molar-refractivity contribution in [2.24, 2.45) is 5.73 Å². The van der Waals surface area contributed by atoms with Gasteiger partial charge in [0, 0.05) is 35.1 Å². The van der Waals surface area contributed by atoms with E-state index in [2.05, 4.69) is 6.58 Å². The minimum atomic E-state index is -4.02. The van der Waals surface area contributed by atoms with E-state index in [1.165, 1.54) is 0 Å². The molecule has 12 heavy (non-hydrogen) atoms. The summed E-state index contributed by atoms with van der Waals surface area (Å²) in [6, 6.07) is 0. The molecular weight excluding hydrogens is 193 g/mol. The zero-order valence-electron chi connectivity index (χ0n) is 6.78. The van der Waals surface area contributed by atoms with Gasteiger partial charge in [-0.05, 0) is 6.42 Å². The van der Waals surface area contributed by atoms with Crippen molar-refractivity contribution in [2.45, 2.75) is 6.42 Å². The third kappa shape index (κ3) is 8.22. The van der Waals surface area contributed by atoms with E-state index in [1.807, 2.05) is 0 Å². The van der Waals surface area contributed by atoms with Crippen molar-refractivity contribution in [3.63, 3.8) is 0 Å². The molecule has 7 heteroatoms. The van der Waals surface area contributed by atoms with E-state index in [-0.39, 0.29) is 41.6 Å². The monoisotopic (exact) mass is 202 g/mol. The number of hydrogen-bond donors (Lipinski definition) is 2. The van der Waals surface area contributed by atoms with Crippen LogP contribution < -0.4 is 5.73 Å². The fraction of sp³-hybridized carbons (Fsp3) is 0.400. The van der Waals surface area contributed by atoms with Gasteiger partial charge in [-0.1, -0.05) is 6.58 Å². The van der Waals surface area contributed by atoms with Gasteiger partial charge >= 0.3 is 0 Å². The Morgan fingerprint density at radius 1 is 1.50 bits per heavy atom. The van der Waals surface area contributed by atoms with Crippen molar-refractivity contribution < 1.29 is 17.8 Å². The molecule has 0 spiro atoms. The summed E-state index contributed by atoms with van der Waals surface area (Å²) in [4.78, 5) is 10.3.